The van der Waals surface area contributed by atoms with Gasteiger partial charge in [0.1, 0.15) is 0 Å². The first-order chi connectivity index (χ1) is 7.68. The molecule has 0 radical (unpaired) electrons. The summed E-state index contributed by atoms with van der Waals surface area (Å²) in [6.07, 6.45) is 1.74. The van der Waals surface area contributed by atoms with Crippen LogP contribution in [0.1, 0.15) is 22.8 Å². The van der Waals surface area contributed by atoms with Gasteiger partial charge in [0.2, 0.25) is 0 Å². The zero-order valence-corrected chi connectivity index (χ0v) is 9.40. The molecule has 0 spiro atoms. The van der Waals surface area contributed by atoms with Gasteiger partial charge in [0.05, 0.1) is 5.69 Å². The van der Waals surface area contributed by atoms with E-state index in [0.29, 0.717) is 0 Å². The van der Waals surface area contributed by atoms with Crippen molar-refractivity contribution in [2.24, 2.45) is 0 Å². The van der Waals surface area contributed by atoms with Crippen molar-refractivity contribution in [2.75, 3.05) is 0 Å². The van der Waals surface area contributed by atoms with Crippen molar-refractivity contribution < 1.29 is 4.79 Å². The van der Waals surface area contributed by atoms with Crippen LogP contribution in [0.2, 0.25) is 0 Å². The van der Waals surface area contributed by atoms with Gasteiger partial charge < -0.3 is 0 Å². The first-order valence-electron chi connectivity index (χ1n) is 5.21. The molecule has 1 heterocycles. The van der Waals surface area contributed by atoms with Crippen molar-refractivity contribution in [3.8, 4) is 11.3 Å². The Morgan fingerprint density at radius 1 is 1.19 bits per heavy atom. The Balaban J connectivity index is 2.63. The summed E-state index contributed by atoms with van der Waals surface area (Å²) in [6, 6.07) is 11.5. The van der Waals surface area contributed by atoms with Crippen molar-refractivity contribution in [3.05, 3.63) is 53.7 Å². The maximum Gasteiger partial charge on any atom is 0.160 e. The van der Waals surface area contributed by atoms with E-state index in [4.69, 9.17) is 0 Å². The van der Waals surface area contributed by atoms with E-state index in [0.717, 1.165) is 22.4 Å². The molecule has 0 aliphatic heterocycles. The minimum Gasteiger partial charge on any atom is -0.294 e. The van der Waals surface area contributed by atoms with Crippen molar-refractivity contribution >= 4 is 5.78 Å². The molecular formula is C14H13NO. The van der Waals surface area contributed by atoms with Gasteiger partial charge in [0.15, 0.2) is 5.78 Å². The van der Waals surface area contributed by atoms with Crippen LogP contribution in [0.15, 0.2) is 42.6 Å². The Hall–Kier alpha value is -1.96. The van der Waals surface area contributed by atoms with Crippen LogP contribution < -0.4 is 0 Å². The fourth-order valence-electron chi connectivity index (χ4n) is 1.70. The molecule has 1 aromatic carbocycles. The Bertz CT molecular complexity index is 518. The molecule has 0 aliphatic carbocycles. The fraction of sp³-hybridized carbons (Fsp3) is 0.143. The number of hydrogen-bond donors (Lipinski definition) is 0. The average molecular weight is 211 g/mol. The number of hydrogen-bond acceptors (Lipinski definition) is 2. The topological polar surface area (TPSA) is 30.0 Å². The number of nitrogens with zero attached hydrogens (tertiary/aromatic N) is 1. The number of carbonyl (C=O) groups is 1. The molecule has 0 saturated heterocycles. The predicted molar refractivity (Wildman–Crippen MR) is 64.4 cm³/mol. The Morgan fingerprint density at radius 2 is 2.00 bits per heavy atom. The predicted octanol–water partition coefficient (Wildman–Crippen LogP) is 3.26. The third kappa shape index (κ3) is 2.01. The molecule has 0 fully saturated rings. The number of aromatic nitrogens is 1. The van der Waals surface area contributed by atoms with Crippen molar-refractivity contribution in [1.29, 1.82) is 0 Å². The zero-order chi connectivity index (χ0) is 11.5. The van der Waals surface area contributed by atoms with Gasteiger partial charge in [-0.25, -0.2) is 0 Å². The highest BCUT2D eigenvalue weighted by molar-refractivity contribution is 6.00. The lowest BCUT2D eigenvalue weighted by atomic mass is 9.99. The minimum absolute atomic E-state index is 0.0700. The van der Waals surface area contributed by atoms with Gasteiger partial charge >= 0.3 is 0 Å². The second-order valence-corrected chi connectivity index (χ2v) is 3.82. The number of rotatable bonds is 2. The van der Waals surface area contributed by atoms with Gasteiger partial charge in [-0.15, -0.1) is 0 Å². The van der Waals surface area contributed by atoms with Crippen molar-refractivity contribution in [2.45, 2.75) is 13.8 Å². The number of Topliss-reactive ketones (excluding diaryl/α,β-unsaturated/α-hetero) is 1. The van der Waals surface area contributed by atoms with Gasteiger partial charge in [0, 0.05) is 17.3 Å². The summed E-state index contributed by atoms with van der Waals surface area (Å²) in [5, 5.41) is 0. The third-order valence-electron chi connectivity index (χ3n) is 2.50. The van der Waals surface area contributed by atoms with Crippen molar-refractivity contribution in [1.82, 2.24) is 4.98 Å². The number of ketones is 1. The summed E-state index contributed by atoms with van der Waals surface area (Å²) in [5.74, 6) is 0.0700. The van der Waals surface area contributed by atoms with E-state index in [1.165, 1.54) is 0 Å². The van der Waals surface area contributed by atoms with Gasteiger partial charge in [-0.1, -0.05) is 23.8 Å². The summed E-state index contributed by atoms with van der Waals surface area (Å²) in [6.45, 7) is 3.59. The molecule has 0 aliphatic rings. The van der Waals surface area contributed by atoms with E-state index < -0.39 is 0 Å². The van der Waals surface area contributed by atoms with Gasteiger partial charge in [-0.2, -0.15) is 0 Å². The molecule has 1 aromatic heterocycles. The van der Waals surface area contributed by atoms with Crippen molar-refractivity contribution in [3.63, 3.8) is 0 Å². The third-order valence-corrected chi connectivity index (χ3v) is 2.50. The molecule has 80 valence electrons. The molecule has 0 amide bonds. The standard InChI is InChI=1S/C14H13NO/c1-10-6-7-12(11(2)16)13(9-10)14-5-3-4-8-15-14/h3-9H,1-2H3. The molecule has 0 unspecified atom stereocenters. The molecule has 0 bridgehead atoms. The Morgan fingerprint density at radius 3 is 2.62 bits per heavy atom. The summed E-state index contributed by atoms with van der Waals surface area (Å²) in [5.41, 5.74) is 3.61. The zero-order valence-electron chi connectivity index (χ0n) is 9.40. The Kier molecular flexibility index (Phi) is 2.82. The highest BCUT2D eigenvalue weighted by Gasteiger charge is 2.09. The maximum atomic E-state index is 11.5. The van der Waals surface area contributed by atoms with Crippen LogP contribution >= 0.6 is 0 Å². The van der Waals surface area contributed by atoms with Crippen LogP contribution in [0.5, 0.6) is 0 Å². The molecule has 2 aromatic rings. The molecule has 0 N–H and O–H groups in total. The fourth-order valence-corrected chi connectivity index (χ4v) is 1.70. The Labute approximate surface area is 95.0 Å². The highest BCUT2D eigenvalue weighted by atomic mass is 16.1. The van der Waals surface area contributed by atoms with E-state index >= 15 is 0 Å². The smallest absolute Gasteiger partial charge is 0.160 e. The number of aryl methyl sites for hydroxylation is 1. The van der Waals surface area contributed by atoms with Gasteiger partial charge in [0.25, 0.3) is 0 Å². The SMILES string of the molecule is CC(=O)c1ccc(C)cc1-c1ccccn1. The van der Waals surface area contributed by atoms with E-state index in [1.54, 1.807) is 13.1 Å². The quantitative estimate of drug-likeness (QED) is 0.714. The average Bonchev–Trinajstić information content (AvgIpc) is 2.29. The molecular weight excluding hydrogens is 198 g/mol. The first-order valence-corrected chi connectivity index (χ1v) is 5.21. The number of carbonyl (C=O) groups excluding carboxylic acids is 1. The number of pyridine rings is 1. The van der Waals surface area contributed by atoms with Crippen LogP contribution in [-0.2, 0) is 0 Å². The normalized spacial score (nSPS) is 10.1. The highest BCUT2D eigenvalue weighted by Crippen LogP contribution is 2.23. The van der Waals surface area contributed by atoms with Crippen LogP contribution in [0, 0.1) is 6.92 Å². The first kappa shape index (κ1) is 10.6. The van der Waals surface area contributed by atoms with E-state index in [2.05, 4.69) is 4.98 Å². The van der Waals surface area contributed by atoms with Gasteiger partial charge in [-0.3, -0.25) is 9.78 Å². The lowest BCUT2D eigenvalue weighted by Gasteiger charge is -2.07. The molecule has 0 atom stereocenters. The van der Waals surface area contributed by atoms with Crippen LogP contribution in [0.25, 0.3) is 11.3 Å². The monoisotopic (exact) mass is 211 g/mol. The van der Waals surface area contributed by atoms with E-state index in [-0.39, 0.29) is 5.78 Å². The lowest BCUT2D eigenvalue weighted by molar-refractivity contribution is 0.101. The van der Waals surface area contributed by atoms with E-state index in [1.807, 2.05) is 43.3 Å². The molecule has 2 nitrogen and oxygen atoms in total. The molecule has 0 saturated carbocycles. The second kappa shape index (κ2) is 4.27. The number of benzene rings is 1. The van der Waals surface area contributed by atoms with Gasteiger partial charge in [-0.05, 0) is 32.0 Å². The molecule has 2 rings (SSSR count). The van der Waals surface area contributed by atoms with E-state index in [9.17, 15) is 4.79 Å². The summed E-state index contributed by atoms with van der Waals surface area (Å²) in [7, 11) is 0. The molecule has 2 heteroatoms. The summed E-state index contributed by atoms with van der Waals surface area (Å²) >= 11 is 0. The summed E-state index contributed by atoms with van der Waals surface area (Å²) in [4.78, 5) is 15.8. The second-order valence-electron chi connectivity index (χ2n) is 3.82. The lowest BCUT2D eigenvalue weighted by Crippen LogP contribution is -1.97. The van der Waals surface area contributed by atoms with Crippen LogP contribution in [-0.4, -0.2) is 10.8 Å². The van der Waals surface area contributed by atoms with Crippen LogP contribution in [0.4, 0.5) is 0 Å². The molecule has 16 heavy (non-hydrogen) atoms. The van der Waals surface area contributed by atoms with Crippen LogP contribution in [0.3, 0.4) is 0 Å². The maximum absolute atomic E-state index is 11.5. The summed E-state index contributed by atoms with van der Waals surface area (Å²) < 4.78 is 0. The largest absolute Gasteiger partial charge is 0.294 e. The minimum atomic E-state index is 0.0700.